The summed E-state index contributed by atoms with van der Waals surface area (Å²) >= 11 is 6.60. The SMILES string of the molecule is O=C(Cc1nnc(NC(=O)c2ccccc2I)s1)N/N=C\c1ccc(Br)cc1. The fraction of sp³-hybridized carbons (Fsp3) is 0.0556. The molecule has 2 N–H and O–H groups in total. The van der Waals surface area contributed by atoms with Crippen LogP contribution in [0.2, 0.25) is 0 Å². The lowest BCUT2D eigenvalue weighted by Crippen LogP contribution is -2.19. The van der Waals surface area contributed by atoms with E-state index >= 15 is 0 Å². The first kappa shape index (κ1) is 20.6. The highest BCUT2D eigenvalue weighted by molar-refractivity contribution is 14.1. The molecule has 0 radical (unpaired) electrons. The van der Waals surface area contributed by atoms with E-state index in [9.17, 15) is 9.59 Å². The molecule has 0 aliphatic rings. The molecule has 0 aliphatic heterocycles. The van der Waals surface area contributed by atoms with Gasteiger partial charge >= 0.3 is 0 Å². The van der Waals surface area contributed by atoms with Gasteiger partial charge in [0, 0.05) is 8.04 Å². The minimum absolute atomic E-state index is 0.0219. The van der Waals surface area contributed by atoms with Gasteiger partial charge in [0.1, 0.15) is 5.01 Å². The van der Waals surface area contributed by atoms with E-state index in [4.69, 9.17) is 0 Å². The zero-order chi connectivity index (χ0) is 19.9. The van der Waals surface area contributed by atoms with Crippen molar-refractivity contribution in [2.24, 2.45) is 5.10 Å². The Bertz CT molecular complexity index is 1020. The predicted molar refractivity (Wildman–Crippen MR) is 121 cm³/mol. The van der Waals surface area contributed by atoms with Crippen molar-refractivity contribution in [1.29, 1.82) is 0 Å². The van der Waals surface area contributed by atoms with Crippen molar-refractivity contribution in [3.63, 3.8) is 0 Å². The van der Waals surface area contributed by atoms with Crippen molar-refractivity contribution in [3.8, 4) is 0 Å². The molecule has 0 atom stereocenters. The minimum atomic E-state index is -0.319. The Balaban J connectivity index is 1.52. The second-order valence-electron chi connectivity index (χ2n) is 5.46. The lowest BCUT2D eigenvalue weighted by molar-refractivity contribution is -0.120. The topological polar surface area (TPSA) is 96.3 Å². The van der Waals surface area contributed by atoms with Crippen LogP contribution >= 0.6 is 49.9 Å². The molecule has 3 aromatic rings. The zero-order valence-corrected chi connectivity index (χ0v) is 18.8. The van der Waals surface area contributed by atoms with E-state index in [1.165, 1.54) is 0 Å². The number of carbonyl (C=O) groups is 2. The lowest BCUT2D eigenvalue weighted by atomic mass is 10.2. The molecule has 0 bridgehead atoms. The molecule has 0 fully saturated rings. The summed E-state index contributed by atoms with van der Waals surface area (Å²) in [4.78, 5) is 24.3. The molecular weight excluding hydrogens is 557 g/mol. The van der Waals surface area contributed by atoms with Crippen molar-refractivity contribution in [3.05, 3.63) is 72.7 Å². The summed E-state index contributed by atoms with van der Waals surface area (Å²) in [7, 11) is 0. The largest absolute Gasteiger partial charge is 0.296 e. The van der Waals surface area contributed by atoms with Crippen LogP contribution in [0.3, 0.4) is 0 Å². The number of carbonyl (C=O) groups excluding carboxylic acids is 2. The third-order valence-corrected chi connectivity index (χ3v) is 5.70. The van der Waals surface area contributed by atoms with Crippen LogP contribution in [-0.2, 0) is 11.2 Å². The molecule has 142 valence electrons. The first-order valence-corrected chi connectivity index (χ1v) is 10.7. The van der Waals surface area contributed by atoms with Crippen molar-refractivity contribution >= 4 is 73.0 Å². The highest BCUT2D eigenvalue weighted by Gasteiger charge is 2.14. The Morgan fingerprint density at radius 1 is 1.14 bits per heavy atom. The van der Waals surface area contributed by atoms with Crippen LogP contribution in [-0.4, -0.2) is 28.2 Å². The number of nitrogens with one attached hydrogen (secondary N) is 2. The Morgan fingerprint density at radius 3 is 2.64 bits per heavy atom. The van der Waals surface area contributed by atoms with E-state index in [0.29, 0.717) is 15.7 Å². The fourth-order valence-electron chi connectivity index (χ4n) is 2.09. The van der Waals surface area contributed by atoms with Gasteiger partial charge in [-0.05, 0) is 52.4 Å². The van der Waals surface area contributed by atoms with Gasteiger partial charge in [-0.1, -0.05) is 51.5 Å². The molecule has 0 saturated heterocycles. The summed E-state index contributed by atoms with van der Waals surface area (Å²) in [6.07, 6.45) is 1.58. The normalized spacial score (nSPS) is 10.8. The minimum Gasteiger partial charge on any atom is -0.296 e. The van der Waals surface area contributed by atoms with Crippen LogP contribution in [0.15, 0.2) is 58.1 Å². The van der Waals surface area contributed by atoms with E-state index in [1.807, 2.05) is 36.4 Å². The molecule has 10 heteroatoms. The maximum absolute atomic E-state index is 12.3. The number of hydrazone groups is 1. The summed E-state index contributed by atoms with van der Waals surface area (Å²) in [5.41, 5.74) is 3.86. The number of hydrogen-bond donors (Lipinski definition) is 2. The number of aromatic nitrogens is 2. The summed E-state index contributed by atoms with van der Waals surface area (Å²) in [6.45, 7) is 0. The smallest absolute Gasteiger partial charge is 0.258 e. The molecule has 2 amide bonds. The first-order valence-electron chi connectivity index (χ1n) is 7.97. The predicted octanol–water partition coefficient (Wildman–Crippen LogP) is 3.85. The Kier molecular flexibility index (Phi) is 7.23. The van der Waals surface area contributed by atoms with Gasteiger partial charge in [0.05, 0.1) is 18.2 Å². The number of anilines is 1. The number of hydrogen-bond acceptors (Lipinski definition) is 6. The molecule has 0 saturated carbocycles. The van der Waals surface area contributed by atoms with Gasteiger partial charge in [0.15, 0.2) is 0 Å². The van der Waals surface area contributed by atoms with E-state index in [1.54, 1.807) is 18.3 Å². The third kappa shape index (κ3) is 5.91. The van der Waals surface area contributed by atoms with Crippen molar-refractivity contribution in [2.45, 2.75) is 6.42 Å². The van der Waals surface area contributed by atoms with Crippen molar-refractivity contribution in [2.75, 3.05) is 5.32 Å². The maximum Gasteiger partial charge on any atom is 0.258 e. The molecule has 3 rings (SSSR count). The summed E-state index contributed by atoms with van der Waals surface area (Å²) in [5, 5.41) is 15.3. The number of halogens is 2. The summed E-state index contributed by atoms with van der Waals surface area (Å²) in [6, 6.07) is 14.7. The van der Waals surface area contributed by atoms with Crippen LogP contribution in [0.4, 0.5) is 5.13 Å². The molecule has 0 aliphatic carbocycles. The second-order valence-corrected chi connectivity index (χ2v) is 8.60. The number of nitrogens with zero attached hydrogens (tertiary/aromatic N) is 3. The zero-order valence-electron chi connectivity index (χ0n) is 14.2. The van der Waals surface area contributed by atoms with Gasteiger partial charge in [0.2, 0.25) is 11.0 Å². The van der Waals surface area contributed by atoms with Crippen molar-refractivity contribution < 1.29 is 9.59 Å². The summed E-state index contributed by atoms with van der Waals surface area (Å²) < 4.78 is 1.81. The molecule has 28 heavy (non-hydrogen) atoms. The van der Waals surface area contributed by atoms with Gasteiger partial charge in [-0.25, -0.2) is 5.43 Å². The van der Waals surface area contributed by atoms with E-state index in [-0.39, 0.29) is 18.2 Å². The Hall–Kier alpha value is -2.18. The molecule has 0 unspecified atom stereocenters. The van der Waals surface area contributed by atoms with Gasteiger partial charge in [0.25, 0.3) is 5.91 Å². The highest BCUT2D eigenvalue weighted by Crippen LogP contribution is 2.18. The average Bonchev–Trinajstić information content (AvgIpc) is 3.10. The second kappa shape index (κ2) is 9.85. The standard InChI is InChI=1S/C18H13BrIN5O2S/c19-12-7-5-11(6-8-12)10-21-23-15(26)9-16-24-25-18(28-16)22-17(27)13-3-1-2-4-14(13)20/h1-8,10H,9H2,(H,23,26)(H,22,25,27)/b21-10-. The maximum atomic E-state index is 12.3. The first-order chi connectivity index (χ1) is 13.5. The molecular formula is C18H13BrIN5O2S. The number of benzene rings is 2. The molecule has 7 nitrogen and oxygen atoms in total. The Labute approximate surface area is 186 Å². The molecule has 0 spiro atoms. The van der Waals surface area contributed by atoms with Crippen LogP contribution in [0.5, 0.6) is 0 Å². The Morgan fingerprint density at radius 2 is 1.89 bits per heavy atom. The average molecular weight is 570 g/mol. The third-order valence-electron chi connectivity index (χ3n) is 3.39. The summed E-state index contributed by atoms with van der Waals surface area (Å²) in [5.74, 6) is -0.587. The van der Waals surface area contributed by atoms with Gasteiger partial charge < -0.3 is 0 Å². The van der Waals surface area contributed by atoms with Crippen LogP contribution < -0.4 is 10.7 Å². The quantitative estimate of drug-likeness (QED) is 0.268. The van der Waals surface area contributed by atoms with E-state index < -0.39 is 0 Å². The molecule has 1 heterocycles. The van der Waals surface area contributed by atoms with Crippen LogP contribution in [0.1, 0.15) is 20.9 Å². The fourth-order valence-corrected chi connectivity index (χ4v) is 3.72. The van der Waals surface area contributed by atoms with Gasteiger partial charge in [-0.3, -0.25) is 14.9 Å². The lowest BCUT2D eigenvalue weighted by Gasteiger charge is -2.02. The van der Waals surface area contributed by atoms with Gasteiger partial charge in [-0.2, -0.15) is 5.10 Å². The molecule has 2 aromatic carbocycles. The molecule has 1 aromatic heterocycles. The van der Waals surface area contributed by atoms with Crippen LogP contribution in [0, 0.1) is 3.57 Å². The van der Waals surface area contributed by atoms with Crippen LogP contribution in [0.25, 0.3) is 0 Å². The monoisotopic (exact) mass is 569 g/mol. The number of rotatable bonds is 6. The van der Waals surface area contributed by atoms with E-state index in [2.05, 4.69) is 64.6 Å². The number of amides is 2. The van der Waals surface area contributed by atoms with E-state index in [0.717, 1.165) is 24.9 Å². The van der Waals surface area contributed by atoms with Gasteiger partial charge in [-0.15, -0.1) is 10.2 Å². The highest BCUT2D eigenvalue weighted by atomic mass is 127. The van der Waals surface area contributed by atoms with Crippen molar-refractivity contribution in [1.82, 2.24) is 15.6 Å².